The summed E-state index contributed by atoms with van der Waals surface area (Å²) in [5.41, 5.74) is 0.905. The number of amides is 2. The summed E-state index contributed by atoms with van der Waals surface area (Å²) in [6.07, 6.45) is 1.02. The van der Waals surface area contributed by atoms with Crippen molar-refractivity contribution in [2.45, 2.75) is 44.2 Å². The maximum Gasteiger partial charge on any atom is 0.264 e. The molecule has 10 heteroatoms. The molecular weight excluding hydrogens is 521 g/mol. The molecule has 3 rings (SSSR count). The summed E-state index contributed by atoms with van der Waals surface area (Å²) in [6, 6.07) is 19.0. The van der Waals surface area contributed by atoms with Crippen LogP contribution in [0.3, 0.4) is 0 Å². The van der Waals surface area contributed by atoms with Crippen LogP contribution in [0.5, 0.6) is 5.75 Å². The van der Waals surface area contributed by atoms with Gasteiger partial charge in [0.1, 0.15) is 24.2 Å². The van der Waals surface area contributed by atoms with Crippen LogP contribution in [0.25, 0.3) is 0 Å². The molecule has 39 heavy (non-hydrogen) atoms. The number of sulfonamides is 1. The molecule has 0 aliphatic heterocycles. The van der Waals surface area contributed by atoms with Crippen molar-refractivity contribution in [3.8, 4) is 5.75 Å². The molecule has 0 aromatic heterocycles. The zero-order valence-corrected chi connectivity index (χ0v) is 23.2. The molecule has 208 valence electrons. The van der Waals surface area contributed by atoms with Gasteiger partial charge in [-0.05, 0) is 66.9 Å². The van der Waals surface area contributed by atoms with Crippen molar-refractivity contribution in [2.24, 2.45) is 0 Å². The maximum absolute atomic E-state index is 13.9. The quantitative estimate of drug-likeness (QED) is 0.338. The molecule has 2 amide bonds. The fourth-order valence-electron chi connectivity index (χ4n) is 4.07. The third kappa shape index (κ3) is 7.57. The standard InChI is InChI=1S/C29H34FN3O5S/c1-4-19-31-29(35)27(5-2)32(20-22-11-13-23(30)14-12-22)28(34)21-33(24-9-7-6-8-10-24)39(36,37)26-17-15-25(38-3)16-18-26/h6-18,27H,4-5,19-21H2,1-3H3,(H,31,35). The van der Waals surface area contributed by atoms with Crippen LogP contribution in [-0.4, -0.2) is 51.4 Å². The number of para-hydroxylation sites is 1. The lowest BCUT2D eigenvalue weighted by Gasteiger charge is -2.33. The average Bonchev–Trinajstić information content (AvgIpc) is 2.95. The number of benzene rings is 3. The first kappa shape index (κ1) is 29.6. The molecule has 0 spiro atoms. The first-order valence-electron chi connectivity index (χ1n) is 12.7. The molecular formula is C29H34FN3O5S. The molecule has 0 saturated carbocycles. The third-order valence-corrected chi connectivity index (χ3v) is 7.96. The van der Waals surface area contributed by atoms with Gasteiger partial charge in [-0.3, -0.25) is 13.9 Å². The second kappa shape index (κ2) is 13.7. The Kier molecular flexibility index (Phi) is 10.4. The van der Waals surface area contributed by atoms with Crippen molar-refractivity contribution in [1.29, 1.82) is 0 Å². The van der Waals surface area contributed by atoms with Gasteiger partial charge in [-0.1, -0.05) is 44.2 Å². The second-order valence-corrected chi connectivity index (χ2v) is 10.7. The van der Waals surface area contributed by atoms with E-state index in [0.29, 0.717) is 30.0 Å². The smallest absolute Gasteiger partial charge is 0.264 e. The number of hydrogen-bond acceptors (Lipinski definition) is 5. The van der Waals surface area contributed by atoms with E-state index in [0.717, 1.165) is 10.7 Å². The number of nitrogens with zero attached hydrogens (tertiary/aromatic N) is 2. The molecule has 0 aliphatic carbocycles. The van der Waals surface area contributed by atoms with E-state index in [-0.39, 0.29) is 17.3 Å². The molecule has 0 bridgehead atoms. The van der Waals surface area contributed by atoms with E-state index < -0.39 is 34.3 Å². The van der Waals surface area contributed by atoms with E-state index >= 15 is 0 Å². The van der Waals surface area contributed by atoms with Gasteiger partial charge in [-0.2, -0.15) is 0 Å². The Morgan fingerprint density at radius 1 is 0.949 bits per heavy atom. The van der Waals surface area contributed by atoms with Crippen molar-refractivity contribution in [1.82, 2.24) is 10.2 Å². The zero-order chi connectivity index (χ0) is 28.4. The fraction of sp³-hybridized carbons (Fsp3) is 0.310. The Labute approximate surface area is 229 Å². The van der Waals surface area contributed by atoms with E-state index in [9.17, 15) is 22.4 Å². The highest BCUT2D eigenvalue weighted by atomic mass is 32.2. The van der Waals surface area contributed by atoms with Gasteiger partial charge >= 0.3 is 0 Å². The number of carbonyl (C=O) groups is 2. The molecule has 1 unspecified atom stereocenters. The van der Waals surface area contributed by atoms with Crippen LogP contribution in [0.2, 0.25) is 0 Å². The molecule has 1 atom stereocenters. The minimum atomic E-state index is -4.17. The van der Waals surface area contributed by atoms with E-state index in [2.05, 4.69) is 5.32 Å². The average molecular weight is 556 g/mol. The van der Waals surface area contributed by atoms with E-state index in [1.54, 1.807) is 37.3 Å². The number of carbonyl (C=O) groups excluding carboxylic acids is 2. The highest BCUT2D eigenvalue weighted by molar-refractivity contribution is 7.92. The Hall–Kier alpha value is -3.92. The largest absolute Gasteiger partial charge is 0.497 e. The molecule has 0 heterocycles. The van der Waals surface area contributed by atoms with Crippen LogP contribution in [0.4, 0.5) is 10.1 Å². The summed E-state index contributed by atoms with van der Waals surface area (Å²) in [5.74, 6) is -0.839. The predicted octanol–water partition coefficient (Wildman–Crippen LogP) is 4.36. The van der Waals surface area contributed by atoms with Gasteiger partial charge in [0.2, 0.25) is 11.8 Å². The topological polar surface area (TPSA) is 96.0 Å². The molecule has 3 aromatic rings. The highest BCUT2D eigenvalue weighted by Gasteiger charge is 2.33. The van der Waals surface area contributed by atoms with Crippen LogP contribution < -0.4 is 14.4 Å². The first-order chi connectivity index (χ1) is 18.7. The van der Waals surface area contributed by atoms with Crippen molar-refractivity contribution in [3.05, 3.63) is 90.2 Å². The first-order valence-corrected chi connectivity index (χ1v) is 14.2. The zero-order valence-electron chi connectivity index (χ0n) is 22.3. The fourth-order valence-corrected chi connectivity index (χ4v) is 5.48. The number of anilines is 1. The summed E-state index contributed by atoms with van der Waals surface area (Å²) in [4.78, 5) is 28.3. The molecule has 0 aliphatic rings. The van der Waals surface area contributed by atoms with Crippen molar-refractivity contribution < 1.29 is 27.1 Å². The van der Waals surface area contributed by atoms with Gasteiger partial charge in [0.05, 0.1) is 17.7 Å². The van der Waals surface area contributed by atoms with Gasteiger partial charge in [-0.25, -0.2) is 12.8 Å². The van der Waals surface area contributed by atoms with E-state index in [1.165, 1.54) is 60.5 Å². The maximum atomic E-state index is 13.9. The minimum Gasteiger partial charge on any atom is -0.497 e. The lowest BCUT2D eigenvalue weighted by Crippen LogP contribution is -2.52. The predicted molar refractivity (Wildman–Crippen MR) is 148 cm³/mol. The molecule has 8 nitrogen and oxygen atoms in total. The Bertz CT molecular complexity index is 1330. The van der Waals surface area contributed by atoms with Crippen LogP contribution in [0, 0.1) is 5.82 Å². The number of rotatable bonds is 13. The number of halogens is 1. The molecule has 1 N–H and O–H groups in total. The Balaban J connectivity index is 2.01. The molecule has 0 saturated heterocycles. The Morgan fingerprint density at radius 2 is 1.59 bits per heavy atom. The molecule has 0 radical (unpaired) electrons. The van der Waals surface area contributed by atoms with Gasteiger partial charge in [0, 0.05) is 13.1 Å². The van der Waals surface area contributed by atoms with E-state index in [4.69, 9.17) is 4.74 Å². The van der Waals surface area contributed by atoms with E-state index in [1.807, 2.05) is 6.92 Å². The monoisotopic (exact) mass is 555 g/mol. The lowest BCUT2D eigenvalue weighted by atomic mass is 10.1. The summed E-state index contributed by atoms with van der Waals surface area (Å²) < 4.78 is 47.3. The van der Waals surface area contributed by atoms with Crippen LogP contribution in [0.15, 0.2) is 83.8 Å². The number of ether oxygens (including phenoxy) is 1. The van der Waals surface area contributed by atoms with Crippen LogP contribution >= 0.6 is 0 Å². The van der Waals surface area contributed by atoms with Crippen LogP contribution in [-0.2, 0) is 26.2 Å². The van der Waals surface area contributed by atoms with Crippen molar-refractivity contribution in [3.63, 3.8) is 0 Å². The summed E-state index contributed by atoms with van der Waals surface area (Å²) in [5, 5.41) is 2.83. The number of nitrogens with one attached hydrogen (secondary N) is 1. The van der Waals surface area contributed by atoms with Gasteiger partial charge in [-0.15, -0.1) is 0 Å². The Morgan fingerprint density at radius 3 is 2.15 bits per heavy atom. The normalized spacial score (nSPS) is 11.9. The number of methoxy groups -OCH3 is 1. The molecule has 0 fully saturated rings. The highest BCUT2D eigenvalue weighted by Crippen LogP contribution is 2.26. The molecule has 3 aromatic carbocycles. The lowest BCUT2D eigenvalue weighted by molar-refractivity contribution is -0.140. The minimum absolute atomic E-state index is 0.00236. The van der Waals surface area contributed by atoms with Gasteiger partial charge in [0.25, 0.3) is 10.0 Å². The summed E-state index contributed by atoms with van der Waals surface area (Å²) in [7, 11) is -2.69. The van der Waals surface area contributed by atoms with Crippen LogP contribution in [0.1, 0.15) is 32.3 Å². The van der Waals surface area contributed by atoms with Gasteiger partial charge in [0.15, 0.2) is 0 Å². The van der Waals surface area contributed by atoms with Crippen molar-refractivity contribution >= 4 is 27.5 Å². The number of hydrogen-bond donors (Lipinski definition) is 1. The van der Waals surface area contributed by atoms with Gasteiger partial charge < -0.3 is 15.0 Å². The summed E-state index contributed by atoms with van der Waals surface area (Å²) >= 11 is 0. The summed E-state index contributed by atoms with van der Waals surface area (Å²) in [6.45, 7) is 3.60. The SMILES string of the molecule is CCCNC(=O)C(CC)N(Cc1ccc(F)cc1)C(=O)CN(c1ccccc1)S(=O)(=O)c1ccc(OC)cc1. The third-order valence-electron chi connectivity index (χ3n) is 6.17. The second-order valence-electron chi connectivity index (χ2n) is 8.89. The van der Waals surface area contributed by atoms with Crippen molar-refractivity contribution in [2.75, 3.05) is 24.5 Å².